The molecule has 2 rings (SSSR count). The van der Waals surface area contributed by atoms with E-state index in [4.69, 9.17) is 9.47 Å². The molecule has 0 saturated heterocycles. The van der Waals surface area contributed by atoms with Gasteiger partial charge in [-0.3, -0.25) is 9.59 Å². The van der Waals surface area contributed by atoms with Crippen LogP contribution in [0.5, 0.6) is 5.75 Å². The Morgan fingerprint density at radius 1 is 0.909 bits per heavy atom. The highest BCUT2D eigenvalue weighted by Gasteiger charge is 2.17. The molecule has 33 heavy (non-hydrogen) atoms. The molecular formula is C25H33N3O5. The summed E-state index contributed by atoms with van der Waals surface area (Å²) in [5, 5.41) is 8.02. The number of aryl methyl sites for hydroxylation is 1. The van der Waals surface area contributed by atoms with Crippen LogP contribution in [0.3, 0.4) is 0 Å². The molecule has 0 radical (unpaired) electrons. The average Bonchev–Trinajstić information content (AvgIpc) is 2.75. The Hall–Kier alpha value is -3.55. The highest BCUT2D eigenvalue weighted by atomic mass is 16.6. The number of benzene rings is 2. The molecule has 0 aliphatic heterocycles. The van der Waals surface area contributed by atoms with Crippen LogP contribution < -0.4 is 20.7 Å². The van der Waals surface area contributed by atoms with Gasteiger partial charge in [0.05, 0.1) is 6.61 Å². The highest BCUT2D eigenvalue weighted by molar-refractivity contribution is 5.94. The lowest BCUT2D eigenvalue weighted by Gasteiger charge is -2.19. The van der Waals surface area contributed by atoms with Crippen molar-refractivity contribution in [3.8, 4) is 5.75 Å². The number of hydrogen-bond donors (Lipinski definition) is 3. The van der Waals surface area contributed by atoms with Crippen molar-refractivity contribution in [1.29, 1.82) is 0 Å². The summed E-state index contributed by atoms with van der Waals surface area (Å²) >= 11 is 0. The fourth-order valence-electron chi connectivity index (χ4n) is 2.80. The van der Waals surface area contributed by atoms with Gasteiger partial charge in [-0.25, -0.2) is 4.79 Å². The second-order valence-corrected chi connectivity index (χ2v) is 8.60. The Labute approximate surface area is 195 Å². The number of nitrogens with one attached hydrogen (secondary N) is 3. The Kier molecular flexibility index (Phi) is 9.72. The zero-order valence-corrected chi connectivity index (χ0v) is 19.7. The van der Waals surface area contributed by atoms with E-state index in [1.807, 2.05) is 43.3 Å². The molecule has 3 N–H and O–H groups in total. The minimum atomic E-state index is -0.662. The maximum Gasteiger partial charge on any atom is 0.408 e. The molecule has 2 aromatic rings. The van der Waals surface area contributed by atoms with E-state index >= 15 is 0 Å². The van der Waals surface area contributed by atoms with E-state index in [1.54, 1.807) is 32.9 Å². The van der Waals surface area contributed by atoms with Gasteiger partial charge in [0.1, 0.15) is 17.9 Å². The summed E-state index contributed by atoms with van der Waals surface area (Å²) in [7, 11) is 0. The van der Waals surface area contributed by atoms with Gasteiger partial charge in [-0.1, -0.05) is 35.9 Å². The van der Waals surface area contributed by atoms with Gasteiger partial charge < -0.3 is 25.4 Å². The van der Waals surface area contributed by atoms with E-state index in [-0.39, 0.29) is 19.0 Å². The smallest absolute Gasteiger partial charge is 0.408 e. The number of hydrogen-bond acceptors (Lipinski definition) is 5. The molecule has 0 spiro atoms. The molecule has 2 aromatic carbocycles. The van der Waals surface area contributed by atoms with Crippen molar-refractivity contribution >= 4 is 23.6 Å². The first-order valence-corrected chi connectivity index (χ1v) is 10.9. The van der Waals surface area contributed by atoms with Crippen molar-refractivity contribution < 1.29 is 23.9 Å². The first kappa shape index (κ1) is 25.7. The summed E-state index contributed by atoms with van der Waals surface area (Å²) in [4.78, 5) is 36.1. The number of carbonyl (C=O) groups is 3. The molecule has 0 aromatic heterocycles. The molecule has 8 nitrogen and oxygen atoms in total. The van der Waals surface area contributed by atoms with Crippen LogP contribution in [-0.2, 0) is 20.9 Å². The molecule has 8 heteroatoms. The van der Waals surface area contributed by atoms with Crippen molar-refractivity contribution in [3.63, 3.8) is 0 Å². The Bertz CT molecular complexity index is 936. The molecule has 0 bridgehead atoms. The van der Waals surface area contributed by atoms with Crippen molar-refractivity contribution in [1.82, 2.24) is 10.6 Å². The van der Waals surface area contributed by atoms with Gasteiger partial charge in [-0.2, -0.15) is 0 Å². The van der Waals surface area contributed by atoms with Crippen molar-refractivity contribution in [3.05, 3.63) is 59.7 Å². The third-order valence-electron chi connectivity index (χ3n) is 4.40. The molecule has 0 fully saturated rings. The molecule has 0 saturated carbocycles. The molecule has 3 amide bonds. The zero-order chi connectivity index (χ0) is 24.3. The molecule has 178 valence electrons. The summed E-state index contributed by atoms with van der Waals surface area (Å²) in [6.07, 6.45) is 0.263. The number of carbonyl (C=O) groups excluding carboxylic acids is 3. The number of alkyl carbamates (subject to hydrolysis) is 1. The third-order valence-corrected chi connectivity index (χ3v) is 4.40. The zero-order valence-electron chi connectivity index (χ0n) is 19.7. The second kappa shape index (κ2) is 12.5. The highest BCUT2D eigenvalue weighted by Crippen LogP contribution is 2.15. The van der Waals surface area contributed by atoms with Crippen LogP contribution >= 0.6 is 0 Å². The average molecular weight is 456 g/mol. The van der Waals surface area contributed by atoms with Gasteiger partial charge >= 0.3 is 6.09 Å². The van der Waals surface area contributed by atoms with Crippen molar-refractivity contribution in [2.45, 2.75) is 52.7 Å². The standard InChI is InChI=1S/C25H33N3O5/c1-18-11-13-20(14-12-18)32-15-7-10-22(29)26-16-19-8-5-6-9-21(19)28-23(30)17-27-24(31)33-25(2,3)4/h5-6,8-9,11-14H,7,10,15-17H2,1-4H3,(H,26,29)(H,27,31)(H,28,30). The van der Waals surface area contributed by atoms with Gasteiger partial charge in [0.15, 0.2) is 0 Å². The molecule has 0 aliphatic rings. The SMILES string of the molecule is Cc1ccc(OCCCC(=O)NCc2ccccc2NC(=O)CNC(=O)OC(C)(C)C)cc1. The first-order chi connectivity index (χ1) is 15.6. The maximum atomic E-state index is 12.2. The maximum absolute atomic E-state index is 12.2. The largest absolute Gasteiger partial charge is 0.494 e. The number of amides is 3. The van der Waals surface area contributed by atoms with E-state index in [0.717, 1.165) is 16.9 Å². The topological polar surface area (TPSA) is 106 Å². The Morgan fingerprint density at radius 3 is 2.30 bits per heavy atom. The van der Waals surface area contributed by atoms with Crippen LogP contribution in [0.4, 0.5) is 10.5 Å². The van der Waals surface area contributed by atoms with Crippen LogP contribution in [0.15, 0.2) is 48.5 Å². The second-order valence-electron chi connectivity index (χ2n) is 8.60. The summed E-state index contributed by atoms with van der Waals surface area (Å²) in [5.41, 5.74) is 1.85. The molecule has 0 aliphatic carbocycles. The van der Waals surface area contributed by atoms with E-state index in [2.05, 4.69) is 16.0 Å². The Balaban J connectivity index is 1.73. The van der Waals surface area contributed by atoms with Gasteiger partial charge in [0, 0.05) is 18.7 Å². The monoisotopic (exact) mass is 455 g/mol. The summed E-state index contributed by atoms with van der Waals surface area (Å²) in [6.45, 7) is 7.74. The molecular weight excluding hydrogens is 422 g/mol. The minimum absolute atomic E-state index is 0.102. The number of para-hydroxylation sites is 1. The first-order valence-electron chi connectivity index (χ1n) is 10.9. The van der Waals surface area contributed by atoms with Crippen LogP contribution in [-0.4, -0.2) is 36.7 Å². The number of rotatable bonds is 10. The predicted octanol–water partition coefficient (Wildman–Crippen LogP) is 3.93. The quantitative estimate of drug-likeness (QED) is 0.471. The fourth-order valence-corrected chi connectivity index (χ4v) is 2.80. The van der Waals surface area contributed by atoms with Crippen LogP contribution in [0.25, 0.3) is 0 Å². The predicted molar refractivity (Wildman–Crippen MR) is 127 cm³/mol. The summed E-state index contributed by atoms with van der Waals surface area (Å²) in [5.74, 6) is 0.287. The molecule has 0 unspecified atom stereocenters. The lowest BCUT2D eigenvalue weighted by atomic mass is 10.1. The fraction of sp³-hybridized carbons (Fsp3) is 0.400. The normalized spacial score (nSPS) is 10.8. The van der Waals surface area contributed by atoms with E-state index in [9.17, 15) is 14.4 Å². The molecule has 0 atom stereocenters. The van der Waals surface area contributed by atoms with Gasteiger partial charge in [0.25, 0.3) is 0 Å². The number of ether oxygens (including phenoxy) is 2. The van der Waals surface area contributed by atoms with Gasteiger partial charge in [-0.05, 0) is 57.9 Å². The van der Waals surface area contributed by atoms with E-state index < -0.39 is 17.6 Å². The Morgan fingerprint density at radius 2 is 1.61 bits per heavy atom. The van der Waals surface area contributed by atoms with Crippen LogP contribution in [0, 0.1) is 6.92 Å². The van der Waals surface area contributed by atoms with Crippen molar-refractivity contribution in [2.24, 2.45) is 0 Å². The van der Waals surface area contributed by atoms with Crippen LogP contribution in [0.1, 0.15) is 44.7 Å². The van der Waals surface area contributed by atoms with E-state index in [1.165, 1.54) is 0 Å². The van der Waals surface area contributed by atoms with Gasteiger partial charge in [0.2, 0.25) is 11.8 Å². The van der Waals surface area contributed by atoms with Gasteiger partial charge in [-0.15, -0.1) is 0 Å². The number of anilines is 1. The lowest BCUT2D eigenvalue weighted by Crippen LogP contribution is -2.37. The van der Waals surface area contributed by atoms with E-state index in [0.29, 0.717) is 25.1 Å². The minimum Gasteiger partial charge on any atom is -0.494 e. The summed E-state index contributed by atoms with van der Waals surface area (Å²) < 4.78 is 10.7. The molecule has 0 heterocycles. The third kappa shape index (κ3) is 10.5. The van der Waals surface area contributed by atoms with Crippen LogP contribution in [0.2, 0.25) is 0 Å². The lowest BCUT2D eigenvalue weighted by molar-refractivity contribution is -0.121. The summed E-state index contributed by atoms with van der Waals surface area (Å²) in [6, 6.07) is 14.9. The van der Waals surface area contributed by atoms with Crippen molar-refractivity contribution in [2.75, 3.05) is 18.5 Å².